The smallest absolute Gasteiger partial charge is 0.302 e. The lowest BCUT2D eigenvalue weighted by Gasteiger charge is -2.61. The van der Waals surface area contributed by atoms with Crippen LogP contribution in [0.1, 0.15) is 99.8 Å². The second-order valence-corrected chi connectivity index (χ2v) is 12.8. The molecule has 0 heterocycles. The highest BCUT2D eigenvalue weighted by molar-refractivity contribution is 5.91. The maximum Gasteiger partial charge on any atom is 0.302 e. The van der Waals surface area contributed by atoms with Crippen molar-refractivity contribution in [3.8, 4) is 0 Å². The van der Waals surface area contributed by atoms with Gasteiger partial charge in [-0.15, -0.1) is 0 Å². The lowest BCUT2D eigenvalue weighted by molar-refractivity contribution is -0.174. The molecule has 1 N–H and O–H groups in total. The molecule has 0 radical (unpaired) electrons. The van der Waals surface area contributed by atoms with E-state index in [2.05, 4.69) is 47.6 Å². The van der Waals surface area contributed by atoms with Crippen LogP contribution in [0.3, 0.4) is 0 Å². The van der Waals surface area contributed by atoms with Gasteiger partial charge in [-0.05, 0) is 73.0 Å². The standard InChI is InChI=1S/C28H44O4/c1-18(12-17-29)25(5)13-8-21-26(25,6)14-10-22(31)28(21)16-9-20-24(3,4)23(32-19(2)30)11-15-27(20,28)7/h8,18,20,23,29H,9-17H2,1-7H3/t18-,20+,23+,25+,26-,27+,28-/m1/s1. The Kier molecular flexibility index (Phi) is 5.56. The number of allylic oxidation sites excluding steroid dienone is 2. The van der Waals surface area contributed by atoms with Gasteiger partial charge in [0.1, 0.15) is 11.9 Å². The summed E-state index contributed by atoms with van der Waals surface area (Å²) in [5.41, 5.74) is 0.828. The van der Waals surface area contributed by atoms with Crippen LogP contribution in [0.4, 0.5) is 0 Å². The fourth-order valence-electron chi connectivity index (χ4n) is 9.30. The van der Waals surface area contributed by atoms with Gasteiger partial charge in [-0.2, -0.15) is 0 Å². The van der Waals surface area contributed by atoms with E-state index in [1.165, 1.54) is 12.5 Å². The van der Waals surface area contributed by atoms with Crippen LogP contribution >= 0.6 is 0 Å². The Morgan fingerprint density at radius 2 is 1.84 bits per heavy atom. The predicted octanol–water partition coefficient (Wildman–Crippen LogP) is 5.86. The molecule has 4 aliphatic carbocycles. The van der Waals surface area contributed by atoms with E-state index in [9.17, 15) is 14.7 Å². The number of Topliss-reactive ketones (excluding diaryl/α,β-unsaturated/α-hetero) is 1. The molecule has 0 aromatic rings. The van der Waals surface area contributed by atoms with Gasteiger partial charge in [0.05, 0.1) is 5.41 Å². The molecule has 0 saturated heterocycles. The van der Waals surface area contributed by atoms with Crippen LogP contribution < -0.4 is 0 Å². The monoisotopic (exact) mass is 444 g/mol. The number of ketones is 1. The van der Waals surface area contributed by atoms with Crippen LogP contribution in [0.15, 0.2) is 11.6 Å². The third-order valence-electron chi connectivity index (χ3n) is 11.5. The topological polar surface area (TPSA) is 63.6 Å². The summed E-state index contributed by atoms with van der Waals surface area (Å²) in [6.45, 7) is 15.7. The molecule has 180 valence electrons. The van der Waals surface area contributed by atoms with Gasteiger partial charge in [0.25, 0.3) is 0 Å². The van der Waals surface area contributed by atoms with Crippen LogP contribution in [0, 0.1) is 38.9 Å². The number of carbonyl (C=O) groups is 2. The first-order valence-corrected chi connectivity index (χ1v) is 12.8. The van der Waals surface area contributed by atoms with E-state index in [4.69, 9.17) is 4.74 Å². The first kappa shape index (κ1) is 24.0. The number of hydrogen-bond donors (Lipinski definition) is 1. The van der Waals surface area contributed by atoms with Crippen molar-refractivity contribution >= 4 is 11.8 Å². The fourth-order valence-corrected chi connectivity index (χ4v) is 9.30. The molecule has 0 aromatic heterocycles. The minimum atomic E-state index is -0.389. The van der Waals surface area contributed by atoms with Crippen molar-refractivity contribution in [2.75, 3.05) is 6.61 Å². The van der Waals surface area contributed by atoms with E-state index in [0.29, 0.717) is 24.0 Å². The summed E-state index contributed by atoms with van der Waals surface area (Å²) in [5, 5.41) is 9.67. The van der Waals surface area contributed by atoms with Gasteiger partial charge >= 0.3 is 5.97 Å². The highest BCUT2D eigenvalue weighted by Crippen LogP contribution is 2.77. The van der Waals surface area contributed by atoms with Crippen LogP contribution in [-0.4, -0.2) is 29.6 Å². The Bertz CT molecular complexity index is 842. The summed E-state index contributed by atoms with van der Waals surface area (Å²) >= 11 is 0. The summed E-state index contributed by atoms with van der Waals surface area (Å²) < 4.78 is 5.80. The minimum absolute atomic E-state index is 0.00965. The predicted molar refractivity (Wildman–Crippen MR) is 126 cm³/mol. The van der Waals surface area contributed by atoms with E-state index >= 15 is 0 Å². The molecule has 4 nitrogen and oxygen atoms in total. The fraction of sp³-hybridized carbons (Fsp3) is 0.857. The number of ether oxygens (including phenoxy) is 1. The van der Waals surface area contributed by atoms with Gasteiger partial charge in [0.15, 0.2) is 0 Å². The van der Waals surface area contributed by atoms with Gasteiger partial charge in [0.2, 0.25) is 0 Å². The SMILES string of the molecule is CC(=O)O[C@H]1CC[C@@]2(C)[C@@H](CC[C@@]23C(=O)CC[C@]2(C)C3=CC[C@@]2(C)[C@H](C)CCO)C1(C)C. The van der Waals surface area contributed by atoms with Crippen molar-refractivity contribution < 1.29 is 19.4 Å². The molecule has 0 unspecified atom stereocenters. The third kappa shape index (κ3) is 2.77. The molecule has 4 heteroatoms. The summed E-state index contributed by atoms with van der Waals surface area (Å²) in [7, 11) is 0. The van der Waals surface area contributed by atoms with E-state index in [0.717, 1.165) is 44.9 Å². The summed E-state index contributed by atoms with van der Waals surface area (Å²) in [5.74, 6) is 1.000. The van der Waals surface area contributed by atoms with Crippen molar-refractivity contribution in [3.05, 3.63) is 11.6 Å². The van der Waals surface area contributed by atoms with Gasteiger partial charge < -0.3 is 9.84 Å². The Balaban J connectivity index is 1.77. The molecule has 3 saturated carbocycles. The number of esters is 1. The highest BCUT2D eigenvalue weighted by atomic mass is 16.5. The molecule has 32 heavy (non-hydrogen) atoms. The zero-order valence-corrected chi connectivity index (χ0v) is 21.3. The van der Waals surface area contributed by atoms with Crippen LogP contribution in [0.5, 0.6) is 0 Å². The molecule has 7 atom stereocenters. The normalized spacial score (nSPS) is 45.9. The second-order valence-electron chi connectivity index (χ2n) is 12.8. The summed E-state index contributed by atoms with van der Waals surface area (Å²) in [6.07, 6.45) is 9.46. The maximum absolute atomic E-state index is 14.0. The Morgan fingerprint density at radius 1 is 1.16 bits per heavy atom. The van der Waals surface area contributed by atoms with Crippen molar-refractivity contribution in [2.45, 2.75) is 106 Å². The molecule has 0 aromatic carbocycles. The first-order chi connectivity index (χ1) is 14.8. The Labute approximate surface area is 194 Å². The van der Waals surface area contributed by atoms with E-state index < -0.39 is 0 Å². The maximum atomic E-state index is 14.0. The molecule has 3 fully saturated rings. The number of hydrogen-bond acceptors (Lipinski definition) is 4. The minimum Gasteiger partial charge on any atom is -0.462 e. The number of fused-ring (bicyclic) bond motifs is 4. The van der Waals surface area contributed by atoms with Gasteiger partial charge in [-0.3, -0.25) is 9.59 Å². The Hall–Kier alpha value is -1.16. The van der Waals surface area contributed by atoms with Gasteiger partial charge in [-0.1, -0.05) is 53.2 Å². The third-order valence-corrected chi connectivity index (χ3v) is 11.5. The van der Waals surface area contributed by atoms with Gasteiger partial charge in [0, 0.05) is 25.4 Å². The van der Waals surface area contributed by atoms with E-state index in [1.54, 1.807) is 0 Å². The van der Waals surface area contributed by atoms with Crippen LogP contribution in [-0.2, 0) is 14.3 Å². The lowest BCUT2D eigenvalue weighted by Crippen LogP contribution is -2.59. The number of carbonyl (C=O) groups excluding carboxylic acids is 2. The quantitative estimate of drug-likeness (QED) is 0.435. The second kappa shape index (κ2) is 7.42. The Morgan fingerprint density at radius 3 is 2.47 bits per heavy atom. The molecule has 0 bridgehead atoms. The molecule has 0 amide bonds. The zero-order valence-electron chi connectivity index (χ0n) is 21.3. The number of aliphatic hydroxyl groups excluding tert-OH is 1. The molecule has 0 aliphatic heterocycles. The number of rotatable bonds is 4. The zero-order chi connectivity index (χ0) is 23.7. The molecule has 4 aliphatic rings. The lowest BCUT2D eigenvalue weighted by atomic mass is 9.42. The highest BCUT2D eigenvalue weighted by Gasteiger charge is 2.73. The van der Waals surface area contributed by atoms with Crippen molar-refractivity contribution in [1.29, 1.82) is 0 Å². The van der Waals surface area contributed by atoms with E-state index in [1.807, 2.05) is 0 Å². The first-order valence-electron chi connectivity index (χ1n) is 12.8. The van der Waals surface area contributed by atoms with Gasteiger partial charge in [-0.25, -0.2) is 0 Å². The van der Waals surface area contributed by atoms with Crippen molar-refractivity contribution in [2.24, 2.45) is 38.9 Å². The molecule has 1 spiro atoms. The largest absolute Gasteiger partial charge is 0.462 e. The summed E-state index contributed by atoms with van der Waals surface area (Å²) in [4.78, 5) is 25.8. The molecule has 4 rings (SSSR count). The molecular weight excluding hydrogens is 400 g/mol. The van der Waals surface area contributed by atoms with Crippen molar-refractivity contribution in [3.63, 3.8) is 0 Å². The van der Waals surface area contributed by atoms with Crippen LogP contribution in [0.2, 0.25) is 0 Å². The van der Waals surface area contributed by atoms with Crippen LogP contribution in [0.25, 0.3) is 0 Å². The van der Waals surface area contributed by atoms with E-state index in [-0.39, 0.29) is 45.8 Å². The number of aliphatic hydroxyl groups is 1. The van der Waals surface area contributed by atoms with Crippen molar-refractivity contribution in [1.82, 2.24) is 0 Å². The molecular formula is C28H44O4. The average molecular weight is 445 g/mol. The summed E-state index contributed by atoms with van der Waals surface area (Å²) in [6, 6.07) is 0. The average Bonchev–Trinajstić information content (AvgIpc) is 3.16.